The summed E-state index contributed by atoms with van der Waals surface area (Å²) in [5, 5.41) is 9.28. The molecule has 0 amide bonds. The van der Waals surface area contributed by atoms with Crippen LogP contribution in [0.5, 0.6) is 0 Å². The average Bonchev–Trinajstić information content (AvgIpc) is 2.87. The van der Waals surface area contributed by atoms with Crippen molar-refractivity contribution in [3.63, 3.8) is 0 Å². The molecule has 6 nitrogen and oxygen atoms in total. The Morgan fingerprint density at radius 3 is 2.96 bits per heavy atom. The maximum absolute atomic E-state index is 13.9. The molecule has 0 bridgehead atoms. The number of aromatic nitrogens is 2. The van der Waals surface area contributed by atoms with Crippen molar-refractivity contribution in [3.05, 3.63) is 47.7 Å². The van der Waals surface area contributed by atoms with Crippen molar-refractivity contribution < 1.29 is 4.39 Å². The Hall–Kier alpha value is -2.72. The van der Waals surface area contributed by atoms with Crippen LogP contribution in [0.1, 0.15) is 30.7 Å². The fourth-order valence-electron chi connectivity index (χ4n) is 3.49. The van der Waals surface area contributed by atoms with Gasteiger partial charge in [-0.25, -0.2) is 14.4 Å². The van der Waals surface area contributed by atoms with Crippen LogP contribution in [-0.4, -0.2) is 41.0 Å². The number of nitrogen functional groups attached to an aromatic ring is 1. The SMILES string of the molecule is CN(Cc1nccc(N)n1)C1CCCN(c2cccc(F)c2C#N)CC1. The van der Waals surface area contributed by atoms with Crippen LogP contribution in [0.15, 0.2) is 30.5 Å². The molecule has 1 aliphatic rings. The highest BCUT2D eigenvalue weighted by atomic mass is 19.1. The number of hydrogen-bond acceptors (Lipinski definition) is 6. The first kappa shape index (κ1) is 18.1. The van der Waals surface area contributed by atoms with E-state index in [9.17, 15) is 9.65 Å². The molecule has 2 heterocycles. The van der Waals surface area contributed by atoms with E-state index in [1.165, 1.54) is 6.07 Å². The molecule has 0 saturated carbocycles. The highest BCUT2D eigenvalue weighted by Gasteiger charge is 2.23. The normalized spacial score (nSPS) is 17.8. The Bertz CT molecular complexity index is 803. The van der Waals surface area contributed by atoms with E-state index < -0.39 is 5.82 Å². The standard InChI is InChI=1S/C19H23FN6/c1-25(13-19-23-9-7-18(22)24-19)14-4-3-10-26(11-8-14)17-6-2-5-16(20)15(17)12-21/h2,5-7,9,14H,3-4,8,10-11,13H2,1H3,(H2,22,23,24). The van der Waals surface area contributed by atoms with E-state index in [0.29, 0.717) is 29.9 Å². The maximum Gasteiger partial charge on any atom is 0.144 e. The first-order valence-corrected chi connectivity index (χ1v) is 8.79. The van der Waals surface area contributed by atoms with Crippen LogP contribution in [0.3, 0.4) is 0 Å². The molecule has 1 aromatic heterocycles. The summed E-state index contributed by atoms with van der Waals surface area (Å²) in [7, 11) is 2.07. The summed E-state index contributed by atoms with van der Waals surface area (Å²) in [6, 6.07) is 8.88. The van der Waals surface area contributed by atoms with E-state index in [1.54, 1.807) is 18.3 Å². The first-order chi connectivity index (χ1) is 12.6. The van der Waals surface area contributed by atoms with Crippen molar-refractivity contribution in [1.82, 2.24) is 14.9 Å². The molecule has 7 heteroatoms. The molecule has 0 radical (unpaired) electrons. The van der Waals surface area contributed by atoms with E-state index in [1.807, 2.05) is 12.1 Å². The molecular weight excluding hydrogens is 331 g/mol. The van der Waals surface area contributed by atoms with Crippen molar-refractivity contribution in [2.45, 2.75) is 31.8 Å². The minimum Gasteiger partial charge on any atom is -0.384 e. The van der Waals surface area contributed by atoms with Crippen LogP contribution < -0.4 is 10.6 Å². The molecule has 1 unspecified atom stereocenters. The van der Waals surface area contributed by atoms with Gasteiger partial charge in [-0.3, -0.25) is 4.90 Å². The summed E-state index contributed by atoms with van der Waals surface area (Å²) >= 11 is 0. The summed E-state index contributed by atoms with van der Waals surface area (Å²) in [5.74, 6) is 0.734. The van der Waals surface area contributed by atoms with Crippen molar-refractivity contribution >= 4 is 11.5 Å². The van der Waals surface area contributed by atoms with Gasteiger partial charge in [0.15, 0.2) is 0 Å². The molecular formula is C19H23FN6. The number of nitrogens with zero attached hydrogens (tertiary/aromatic N) is 5. The van der Waals surface area contributed by atoms with Gasteiger partial charge in [0.1, 0.15) is 29.1 Å². The van der Waals surface area contributed by atoms with Crippen LogP contribution >= 0.6 is 0 Å². The third-order valence-corrected chi connectivity index (χ3v) is 4.88. The quantitative estimate of drug-likeness (QED) is 0.909. The Morgan fingerprint density at radius 1 is 1.35 bits per heavy atom. The summed E-state index contributed by atoms with van der Waals surface area (Å²) in [5.41, 5.74) is 6.55. The zero-order valence-electron chi connectivity index (χ0n) is 14.9. The fraction of sp³-hybridized carbons (Fsp3) is 0.421. The summed E-state index contributed by atoms with van der Waals surface area (Å²) in [4.78, 5) is 12.9. The topological polar surface area (TPSA) is 82.1 Å². The van der Waals surface area contributed by atoms with Gasteiger partial charge in [0.2, 0.25) is 0 Å². The van der Waals surface area contributed by atoms with Crippen molar-refractivity contribution in [2.24, 2.45) is 0 Å². The maximum atomic E-state index is 13.9. The number of benzene rings is 1. The second kappa shape index (κ2) is 8.11. The predicted molar refractivity (Wildman–Crippen MR) is 98.9 cm³/mol. The minimum absolute atomic E-state index is 0.132. The number of hydrogen-bond donors (Lipinski definition) is 1. The van der Waals surface area contributed by atoms with Gasteiger partial charge in [-0.1, -0.05) is 6.07 Å². The Balaban J connectivity index is 1.67. The van der Waals surface area contributed by atoms with Gasteiger partial charge in [0.05, 0.1) is 12.2 Å². The molecule has 1 saturated heterocycles. The molecule has 3 rings (SSSR count). The third-order valence-electron chi connectivity index (χ3n) is 4.88. The average molecular weight is 354 g/mol. The van der Waals surface area contributed by atoms with Gasteiger partial charge in [0.25, 0.3) is 0 Å². The van der Waals surface area contributed by atoms with Crippen LogP contribution in [0.25, 0.3) is 0 Å². The second-order valence-corrected chi connectivity index (χ2v) is 6.63. The largest absolute Gasteiger partial charge is 0.384 e. The van der Waals surface area contributed by atoms with E-state index in [4.69, 9.17) is 5.73 Å². The van der Waals surface area contributed by atoms with Gasteiger partial charge >= 0.3 is 0 Å². The highest BCUT2D eigenvalue weighted by Crippen LogP contribution is 2.26. The van der Waals surface area contributed by atoms with Crippen LogP contribution in [0.2, 0.25) is 0 Å². The molecule has 1 atom stereocenters. The number of halogens is 1. The monoisotopic (exact) mass is 354 g/mol. The lowest BCUT2D eigenvalue weighted by molar-refractivity contribution is 0.212. The van der Waals surface area contributed by atoms with Crippen LogP contribution in [0.4, 0.5) is 15.9 Å². The van der Waals surface area contributed by atoms with E-state index in [-0.39, 0.29) is 5.56 Å². The molecule has 2 aromatic rings. The van der Waals surface area contributed by atoms with Crippen LogP contribution in [-0.2, 0) is 6.54 Å². The summed E-state index contributed by atoms with van der Waals surface area (Å²) in [6.45, 7) is 2.24. The molecule has 1 fully saturated rings. The zero-order chi connectivity index (χ0) is 18.5. The molecule has 136 valence electrons. The molecule has 2 N–H and O–H groups in total. The van der Waals surface area contributed by atoms with Crippen molar-refractivity contribution in [3.8, 4) is 6.07 Å². The molecule has 0 aliphatic carbocycles. The van der Waals surface area contributed by atoms with Gasteiger partial charge < -0.3 is 10.6 Å². The lowest BCUT2D eigenvalue weighted by Gasteiger charge is -2.27. The summed E-state index contributed by atoms with van der Waals surface area (Å²) in [6.07, 6.45) is 4.62. The Morgan fingerprint density at radius 2 is 2.19 bits per heavy atom. The Kier molecular flexibility index (Phi) is 5.64. The van der Waals surface area contributed by atoms with Crippen molar-refractivity contribution in [1.29, 1.82) is 5.26 Å². The third kappa shape index (κ3) is 4.09. The summed E-state index contributed by atoms with van der Waals surface area (Å²) < 4.78 is 13.9. The predicted octanol–water partition coefficient (Wildman–Crippen LogP) is 2.56. The fourth-order valence-corrected chi connectivity index (χ4v) is 3.49. The molecule has 1 aliphatic heterocycles. The zero-order valence-corrected chi connectivity index (χ0v) is 14.9. The lowest BCUT2D eigenvalue weighted by Crippen LogP contribution is -2.33. The molecule has 1 aromatic carbocycles. The Labute approximate surface area is 153 Å². The van der Waals surface area contributed by atoms with Crippen LogP contribution in [0, 0.1) is 17.1 Å². The van der Waals surface area contributed by atoms with E-state index in [0.717, 1.165) is 32.4 Å². The highest BCUT2D eigenvalue weighted by molar-refractivity contribution is 5.59. The van der Waals surface area contributed by atoms with E-state index >= 15 is 0 Å². The smallest absolute Gasteiger partial charge is 0.144 e. The van der Waals surface area contributed by atoms with Gasteiger partial charge in [-0.2, -0.15) is 5.26 Å². The number of nitrogens with two attached hydrogens (primary N) is 1. The van der Waals surface area contributed by atoms with Crippen molar-refractivity contribution in [2.75, 3.05) is 30.8 Å². The van der Waals surface area contributed by atoms with Gasteiger partial charge in [0, 0.05) is 25.3 Å². The molecule has 26 heavy (non-hydrogen) atoms. The molecule has 0 spiro atoms. The van der Waals surface area contributed by atoms with Gasteiger partial charge in [-0.05, 0) is 44.5 Å². The van der Waals surface area contributed by atoms with Gasteiger partial charge in [-0.15, -0.1) is 0 Å². The number of anilines is 2. The number of nitriles is 1. The lowest BCUT2D eigenvalue weighted by atomic mass is 10.1. The second-order valence-electron chi connectivity index (χ2n) is 6.63. The van der Waals surface area contributed by atoms with E-state index in [2.05, 4.69) is 26.8 Å². The minimum atomic E-state index is -0.457. The number of rotatable bonds is 4. The first-order valence-electron chi connectivity index (χ1n) is 8.79.